The molecule has 1 fully saturated rings. The van der Waals surface area contributed by atoms with Crippen LogP contribution in [0, 0.1) is 11.7 Å². The van der Waals surface area contributed by atoms with Crippen LogP contribution in [0.2, 0.25) is 77.1 Å². The van der Waals surface area contributed by atoms with Crippen molar-refractivity contribution in [3.8, 4) is 28.4 Å². The monoisotopic (exact) mass is 941 g/mol. The molecule has 0 bridgehead atoms. The lowest BCUT2D eigenvalue weighted by molar-refractivity contribution is -0.146. The average Bonchev–Trinajstić information content (AvgIpc) is 3.91. The smallest absolute Gasteiger partial charge is 0.226 e. The molecule has 65 heavy (non-hydrogen) atoms. The first-order valence-electron chi connectivity index (χ1n) is 23.6. The fraction of sp³-hybridized carbons (Fsp3) is 0.540. The standard InChI is InChI=1S/C50H72FN5O6Si3/c1-11-37-28-47(62-35-60-21-24-65(8,9)10)43(51)29-42(37)38-17-18-41-45(27-38)56(34-59-20-23-64(5,6)7)53-48(41)49-52-44-30-54(31-46(44)55(49)33-58-19-22-63(2,3)4)50(57)39-25-40(26-39)61-32-36-15-13-12-14-16-36/h12-18,27-29,39-40H,11,19-26,30-35H2,1-10H3. The van der Waals surface area contributed by atoms with Crippen LogP contribution in [0.4, 0.5) is 4.39 Å². The van der Waals surface area contributed by atoms with E-state index in [1.807, 2.05) is 33.8 Å². The fourth-order valence-corrected chi connectivity index (χ4v) is 10.4. The number of rotatable bonds is 23. The van der Waals surface area contributed by atoms with Gasteiger partial charge in [0.2, 0.25) is 5.91 Å². The molecular formula is C50H72FN5O6Si3. The summed E-state index contributed by atoms with van der Waals surface area (Å²) in [6, 6.07) is 22.8. The summed E-state index contributed by atoms with van der Waals surface area (Å²) in [6.45, 7) is 27.0. The molecule has 1 aliphatic heterocycles. The molecule has 3 aromatic carbocycles. The summed E-state index contributed by atoms with van der Waals surface area (Å²) in [5.74, 6) is 0.572. The highest BCUT2D eigenvalue weighted by atomic mass is 28.3. The number of hydrogen-bond acceptors (Lipinski definition) is 8. The Bertz CT molecular complexity index is 2400. The van der Waals surface area contributed by atoms with Gasteiger partial charge in [-0.25, -0.2) is 14.1 Å². The zero-order chi connectivity index (χ0) is 46.5. The molecule has 0 saturated heterocycles. The van der Waals surface area contributed by atoms with Gasteiger partial charge >= 0.3 is 0 Å². The SMILES string of the molecule is CCc1cc(OCOCC[Si](C)(C)C)c(F)cc1-c1ccc2c(-c3nc4c(n3COCC[Si](C)(C)C)CN(C(=O)C3CC(OCc5ccccc5)C3)C4)nn(COCC[Si](C)(C)C)c2c1. The number of carbonyl (C=O) groups is 1. The molecular weight excluding hydrogens is 870 g/mol. The van der Waals surface area contributed by atoms with Crippen molar-refractivity contribution in [2.45, 2.75) is 143 Å². The third kappa shape index (κ3) is 12.9. The highest BCUT2D eigenvalue weighted by Crippen LogP contribution is 2.39. The molecule has 0 radical (unpaired) electrons. The summed E-state index contributed by atoms with van der Waals surface area (Å²) < 4.78 is 50.3. The Labute approximate surface area is 389 Å². The molecule has 0 N–H and O–H groups in total. The summed E-state index contributed by atoms with van der Waals surface area (Å²) in [6.07, 6.45) is 2.24. The first-order valence-corrected chi connectivity index (χ1v) is 34.7. The Morgan fingerprint density at radius 2 is 1.46 bits per heavy atom. The van der Waals surface area contributed by atoms with E-state index in [1.165, 1.54) is 0 Å². The summed E-state index contributed by atoms with van der Waals surface area (Å²) in [7, 11) is -3.92. The zero-order valence-electron chi connectivity index (χ0n) is 40.6. The minimum atomic E-state index is -1.34. The predicted octanol–water partition coefficient (Wildman–Crippen LogP) is 11.4. The van der Waals surface area contributed by atoms with Crippen molar-refractivity contribution in [2.24, 2.45) is 5.92 Å². The van der Waals surface area contributed by atoms with Crippen molar-refractivity contribution in [1.82, 2.24) is 24.2 Å². The van der Waals surface area contributed by atoms with Gasteiger partial charge in [0.1, 0.15) is 19.2 Å². The number of fused-ring (bicyclic) bond motifs is 2. The first kappa shape index (κ1) is 48.9. The number of carbonyl (C=O) groups excluding carboxylic acids is 1. The molecule has 0 atom stereocenters. The maximum absolute atomic E-state index is 15.8. The molecule has 15 heteroatoms. The lowest BCUT2D eigenvalue weighted by Crippen LogP contribution is -2.42. The van der Waals surface area contributed by atoms with E-state index in [4.69, 9.17) is 33.8 Å². The van der Waals surface area contributed by atoms with Crippen molar-refractivity contribution >= 4 is 41.0 Å². The van der Waals surface area contributed by atoms with E-state index < -0.39 is 30.0 Å². The highest BCUT2D eigenvalue weighted by molar-refractivity contribution is 6.76. The highest BCUT2D eigenvalue weighted by Gasteiger charge is 2.41. The van der Waals surface area contributed by atoms with Gasteiger partial charge in [0.25, 0.3) is 0 Å². The first-order chi connectivity index (χ1) is 30.9. The lowest BCUT2D eigenvalue weighted by Gasteiger charge is -2.36. The maximum atomic E-state index is 15.8. The van der Waals surface area contributed by atoms with Crippen LogP contribution in [0.3, 0.4) is 0 Å². The molecule has 1 saturated carbocycles. The molecule has 1 aliphatic carbocycles. The van der Waals surface area contributed by atoms with Gasteiger partial charge in [-0.3, -0.25) is 4.79 Å². The number of halogens is 1. The number of hydrogen-bond donors (Lipinski definition) is 0. The lowest BCUT2D eigenvalue weighted by atomic mass is 9.81. The second-order valence-electron chi connectivity index (χ2n) is 21.6. The van der Waals surface area contributed by atoms with Crippen LogP contribution in [-0.4, -0.2) is 87.1 Å². The summed E-state index contributed by atoms with van der Waals surface area (Å²) in [5.41, 5.74) is 7.23. The van der Waals surface area contributed by atoms with Gasteiger partial charge in [0.05, 0.1) is 42.7 Å². The molecule has 7 rings (SSSR count). The van der Waals surface area contributed by atoms with Crippen LogP contribution in [0.15, 0.2) is 60.7 Å². The van der Waals surface area contributed by atoms with Crippen LogP contribution in [0.1, 0.15) is 42.3 Å². The van der Waals surface area contributed by atoms with Crippen LogP contribution >= 0.6 is 0 Å². The summed E-state index contributed by atoms with van der Waals surface area (Å²) >= 11 is 0. The largest absolute Gasteiger partial charge is 0.464 e. The molecule has 0 spiro atoms. The van der Waals surface area contributed by atoms with Crippen molar-refractivity contribution in [1.29, 1.82) is 0 Å². The predicted molar refractivity (Wildman–Crippen MR) is 266 cm³/mol. The van der Waals surface area contributed by atoms with Gasteiger partial charge in [-0.05, 0) is 83.9 Å². The van der Waals surface area contributed by atoms with Crippen molar-refractivity contribution in [2.75, 3.05) is 26.6 Å². The van der Waals surface area contributed by atoms with Crippen LogP contribution in [-0.2, 0) is 63.3 Å². The Morgan fingerprint density at radius 1 is 0.800 bits per heavy atom. The van der Waals surface area contributed by atoms with Gasteiger partial charge in [0, 0.05) is 55.3 Å². The minimum Gasteiger partial charge on any atom is -0.464 e. The number of aromatic nitrogens is 4. The molecule has 1 amide bonds. The number of nitrogens with zero attached hydrogens (tertiary/aromatic N) is 5. The Hall–Kier alpha value is -3.97. The molecule has 0 unspecified atom stereocenters. The van der Waals surface area contributed by atoms with E-state index in [2.05, 4.69) is 94.7 Å². The van der Waals surface area contributed by atoms with E-state index in [-0.39, 0.29) is 37.2 Å². The second kappa shape index (κ2) is 20.9. The molecule has 2 aliphatic rings. The van der Waals surface area contributed by atoms with Gasteiger partial charge in [0.15, 0.2) is 24.2 Å². The van der Waals surface area contributed by atoms with Crippen LogP contribution in [0.5, 0.6) is 5.75 Å². The third-order valence-electron chi connectivity index (χ3n) is 12.5. The number of ether oxygens (including phenoxy) is 5. The number of benzene rings is 3. The van der Waals surface area contributed by atoms with E-state index in [9.17, 15) is 4.79 Å². The van der Waals surface area contributed by atoms with Gasteiger partial charge in [-0.2, -0.15) is 5.10 Å². The van der Waals surface area contributed by atoms with Gasteiger partial charge in [-0.1, -0.05) is 102 Å². The zero-order valence-corrected chi connectivity index (χ0v) is 43.6. The van der Waals surface area contributed by atoms with Crippen molar-refractivity contribution in [3.05, 3.63) is 89.0 Å². The topological polar surface area (TPSA) is 102 Å². The van der Waals surface area contributed by atoms with Crippen LogP contribution < -0.4 is 4.74 Å². The Balaban J connectivity index is 1.16. The maximum Gasteiger partial charge on any atom is 0.226 e. The Kier molecular flexibility index (Phi) is 15.7. The number of imidazole rings is 1. The van der Waals surface area contributed by atoms with Crippen molar-refractivity contribution < 1.29 is 32.9 Å². The summed E-state index contributed by atoms with van der Waals surface area (Å²) in [5, 5.41) is 6.14. The fourth-order valence-electron chi connectivity index (χ4n) is 8.16. The quantitative estimate of drug-likeness (QED) is 0.0362. The second-order valence-corrected chi connectivity index (χ2v) is 38.5. The molecule has 2 aromatic heterocycles. The van der Waals surface area contributed by atoms with Gasteiger partial charge in [-0.15, -0.1) is 0 Å². The average molecular weight is 942 g/mol. The molecule has 11 nitrogen and oxygen atoms in total. The van der Waals surface area contributed by atoms with E-state index in [0.29, 0.717) is 58.5 Å². The van der Waals surface area contributed by atoms with E-state index in [1.54, 1.807) is 12.1 Å². The van der Waals surface area contributed by atoms with E-state index in [0.717, 1.165) is 81.2 Å². The van der Waals surface area contributed by atoms with Gasteiger partial charge < -0.3 is 33.2 Å². The number of amides is 1. The minimum absolute atomic E-state index is 0.0123. The molecule has 5 aromatic rings. The van der Waals surface area contributed by atoms with E-state index >= 15 is 4.39 Å². The third-order valence-corrected chi connectivity index (χ3v) is 17.6. The Morgan fingerprint density at radius 3 is 2.12 bits per heavy atom. The number of aryl methyl sites for hydroxylation is 1. The summed E-state index contributed by atoms with van der Waals surface area (Å²) in [4.78, 5) is 21.1. The van der Waals surface area contributed by atoms with Crippen LogP contribution in [0.25, 0.3) is 33.5 Å². The normalized spacial score (nSPS) is 16.6. The molecule has 352 valence electrons. The molecule has 3 heterocycles. The van der Waals surface area contributed by atoms with Crippen molar-refractivity contribution in [3.63, 3.8) is 0 Å².